The molecule has 0 aromatic heterocycles. The zero-order valence-electron chi connectivity index (χ0n) is 11.3. The predicted molar refractivity (Wildman–Crippen MR) is 76.5 cm³/mol. The van der Waals surface area contributed by atoms with Gasteiger partial charge in [-0.25, -0.2) is 0 Å². The summed E-state index contributed by atoms with van der Waals surface area (Å²) in [7, 11) is 0. The van der Waals surface area contributed by atoms with E-state index in [0.29, 0.717) is 5.92 Å². The van der Waals surface area contributed by atoms with Crippen LogP contribution in [0.15, 0.2) is 30.3 Å². The van der Waals surface area contributed by atoms with E-state index < -0.39 is 0 Å². The Morgan fingerprint density at radius 3 is 2.89 bits per heavy atom. The Labute approximate surface area is 115 Å². The van der Waals surface area contributed by atoms with Crippen LogP contribution in [0.25, 0.3) is 0 Å². The summed E-state index contributed by atoms with van der Waals surface area (Å²) >= 11 is 0. The lowest BCUT2D eigenvalue weighted by atomic mass is 9.97. The monoisotopic (exact) mass is 261 g/mol. The van der Waals surface area contributed by atoms with Crippen molar-refractivity contribution >= 4 is 5.91 Å². The minimum Gasteiger partial charge on any atom is -0.355 e. The molecule has 4 nitrogen and oxygen atoms in total. The van der Waals surface area contributed by atoms with Crippen molar-refractivity contribution in [2.24, 2.45) is 11.7 Å². The Kier molecular flexibility index (Phi) is 5.36. The third-order valence-corrected chi connectivity index (χ3v) is 3.63. The molecule has 19 heavy (non-hydrogen) atoms. The van der Waals surface area contributed by atoms with Crippen LogP contribution in [0.2, 0.25) is 0 Å². The van der Waals surface area contributed by atoms with Crippen LogP contribution in [0.4, 0.5) is 0 Å². The molecule has 1 fully saturated rings. The van der Waals surface area contributed by atoms with Gasteiger partial charge in [0.05, 0.1) is 6.54 Å². The molecule has 3 N–H and O–H groups in total. The highest BCUT2D eigenvalue weighted by Crippen LogP contribution is 2.17. The van der Waals surface area contributed by atoms with Crippen LogP contribution in [-0.4, -0.2) is 37.0 Å². The second kappa shape index (κ2) is 7.26. The molecule has 0 spiro atoms. The van der Waals surface area contributed by atoms with Crippen LogP contribution in [0.1, 0.15) is 18.4 Å². The number of carbonyl (C=O) groups excluding carboxylic acids is 1. The van der Waals surface area contributed by atoms with Crippen LogP contribution in [0, 0.1) is 5.92 Å². The Morgan fingerprint density at radius 2 is 2.16 bits per heavy atom. The number of amides is 1. The number of piperidine rings is 1. The summed E-state index contributed by atoms with van der Waals surface area (Å²) in [6.07, 6.45) is 2.39. The molecule has 0 aliphatic carbocycles. The van der Waals surface area contributed by atoms with Crippen molar-refractivity contribution in [3.05, 3.63) is 35.9 Å². The number of hydrogen-bond acceptors (Lipinski definition) is 3. The summed E-state index contributed by atoms with van der Waals surface area (Å²) < 4.78 is 0. The molecule has 1 aliphatic rings. The SMILES string of the molecule is NCC(=O)NC[C@@H]1CCCN(Cc2ccccc2)C1. The first-order chi connectivity index (χ1) is 9.28. The van der Waals surface area contributed by atoms with Crippen molar-refractivity contribution < 1.29 is 4.79 Å². The normalized spacial score (nSPS) is 20.2. The number of carbonyl (C=O) groups is 1. The van der Waals surface area contributed by atoms with Gasteiger partial charge in [0.15, 0.2) is 0 Å². The van der Waals surface area contributed by atoms with Crippen molar-refractivity contribution in [1.29, 1.82) is 0 Å². The van der Waals surface area contributed by atoms with Crippen LogP contribution >= 0.6 is 0 Å². The zero-order valence-corrected chi connectivity index (χ0v) is 11.3. The van der Waals surface area contributed by atoms with Gasteiger partial charge in [0, 0.05) is 19.6 Å². The highest BCUT2D eigenvalue weighted by atomic mass is 16.1. The first-order valence-electron chi connectivity index (χ1n) is 7.01. The smallest absolute Gasteiger partial charge is 0.233 e. The third kappa shape index (κ3) is 4.65. The topological polar surface area (TPSA) is 58.4 Å². The maximum atomic E-state index is 11.2. The number of rotatable bonds is 5. The minimum atomic E-state index is -0.0554. The van der Waals surface area contributed by atoms with E-state index in [1.807, 2.05) is 6.07 Å². The van der Waals surface area contributed by atoms with Gasteiger partial charge in [-0.15, -0.1) is 0 Å². The van der Waals surface area contributed by atoms with Crippen LogP contribution in [0.5, 0.6) is 0 Å². The highest BCUT2D eigenvalue weighted by Gasteiger charge is 2.20. The summed E-state index contributed by atoms with van der Waals surface area (Å²) in [6, 6.07) is 10.5. The summed E-state index contributed by atoms with van der Waals surface area (Å²) in [5, 5.41) is 2.90. The third-order valence-electron chi connectivity index (χ3n) is 3.63. The van der Waals surface area contributed by atoms with Gasteiger partial charge in [0.25, 0.3) is 0 Å². The molecule has 1 aromatic carbocycles. The lowest BCUT2D eigenvalue weighted by Crippen LogP contribution is -2.41. The Hall–Kier alpha value is -1.39. The van der Waals surface area contributed by atoms with E-state index in [9.17, 15) is 4.79 Å². The van der Waals surface area contributed by atoms with Crippen molar-refractivity contribution in [3.63, 3.8) is 0 Å². The van der Waals surface area contributed by atoms with Gasteiger partial charge < -0.3 is 11.1 Å². The molecule has 0 unspecified atom stereocenters. The molecule has 0 saturated carbocycles. The first kappa shape index (κ1) is 14.0. The zero-order chi connectivity index (χ0) is 13.5. The Morgan fingerprint density at radius 1 is 1.37 bits per heavy atom. The number of hydrogen-bond donors (Lipinski definition) is 2. The molecule has 1 heterocycles. The van der Waals surface area contributed by atoms with Crippen LogP contribution < -0.4 is 11.1 Å². The number of nitrogens with one attached hydrogen (secondary N) is 1. The second-order valence-corrected chi connectivity index (χ2v) is 5.24. The summed E-state index contributed by atoms with van der Waals surface area (Å²) in [4.78, 5) is 13.6. The van der Waals surface area contributed by atoms with Crippen molar-refractivity contribution in [2.45, 2.75) is 19.4 Å². The quantitative estimate of drug-likeness (QED) is 0.830. The Bertz CT molecular complexity index is 394. The highest BCUT2D eigenvalue weighted by molar-refractivity contribution is 5.77. The van der Waals surface area contributed by atoms with E-state index in [1.165, 1.54) is 18.4 Å². The van der Waals surface area contributed by atoms with E-state index in [0.717, 1.165) is 26.2 Å². The fourth-order valence-corrected chi connectivity index (χ4v) is 2.63. The minimum absolute atomic E-state index is 0.0554. The molecule has 1 saturated heterocycles. The largest absolute Gasteiger partial charge is 0.355 e. The average Bonchev–Trinajstić information content (AvgIpc) is 2.46. The summed E-state index contributed by atoms with van der Waals surface area (Å²) in [5.74, 6) is 0.494. The molecule has 1 atom stereocenters. The van der Waals surface area contributed by atoms with E-state index in [4.69, 9.17) is 5.73 Å². The molecule has 104 valence electrons. The molecular formula is C15H23N3O. The molecule has 0 radical (unpaired) electrons. The van der Waals surface area contributed by atoms with Crippen molar-refractivity contribution in [3.8, 4) is 0 Å². The molecule has 1 aliphatic heterocycles. The molecule has 0 bridgehead atoms. The molecule has 1 amide bonds. The van der Waals surface area contributed by atoms with E-state index in [-0.39, 0.29) is 12.5 Å². The first-order valence-corrected chi connectivity index (χ1v) is 7.01. The Balaban J connectivity index is 1.79. The summed E-state index contributed by atoms with van der Waals surface area (Å²) in [6.45, 7) is 4.04. The molecule has 1 aromatic rings. The van der Waals surface area contributed by atoms with Crippen molar-refractivity contribution in [1.82, 2.24) is 10.2 Å². The standard InChI is InChI=1S/C15H23N3O/c16-9-15(19)17-10-14-7-4-8-18(12-14)11-13-5-2-1-3-6-13/h1-3,5-6,14H,4,7-12,16H2,(H,17,19)/t14-/m0/s1. The average molecular weight is 261 g/mol. The van der Waals surface area contributed by atoms with Crippen LogP contribution in [0.3, 0.4) is 0 Å². The lowest BCUT2D eigenvalue weighted by Gasteiger charge is -2.32. The molecule has 2 rings (SSSR count). The van der Waals surface area contributed by atoms with Gasteiger partial charge in [0.2, 0.25) is 5.91 Å². The number of nitrogens with two attached hydrogens (primary N) is 1. The fourth-order valence-electron chi connectivity index (χ4n) is 2.63. The predicted octanol–water partition coefficient (Wildman–Crippen LogP) is 0.974. The number of benzene rings is 1. The fraction of sp³-hybridized carbons (Fsp3) is 0.533. The number of likely N-dealkylation sites (tertiary alicyclic amines) is 1. The van der Waals surface area contributed by atoms with Crippen LogP contribution in [-0.2, 0) is 11.3 Å². The van der Waals surface area contributed by atoms with Gasteiger partial charge in [-0.05, 0) is 30.9 Å². The van der Waals surface area contributed by atoms with E-state index >= 15 is 0 Å². The van der Waals surface area contributed by atoms with Gasteiger partial charge in [-0.2, -0.15) is 0 Å². The maximum Gasteiger partial charge on any atom is 0.233 e. The van der Waals surface area contributed by atoms with E-state index in [2.05, 4.69) is 34.5 Å². The van der Waals surface area contributed by atoms with E-state index in [1.54, 1.807) is 0 Å². The second-order valence-electron chi connectivity index (χ2n) is 5.24. The van der Waals surface area contributed by atoms with Gasteiger partial charge in [0.1, 0.15) is 0 Å². The lowest BCUT2D eigenvalue weighted by molar-refractivity contribution is -0.120. The molecular weight excluding hydrogens is 238 g/mol. The molecule has 4 heteroatoms. The van der Waals surface area contributed by atoms with Gasteiger partial charge in [-0.1, -0.05) is 30.3 Å². The maximum absolute atomic E-state index is 11.2. The summed E-state index contributed by atoms with van der Waals surface area (Å²) in [5.41, 5.74) is 6.65. The number of nitrogens with zero attached hydrogens (tertiary/aromatic N) is 1. The van der Waals surface area contributed by atoms with Gasteiger partial charge >= 0.3 is 0 Å². The van der Waals surface area contributed by atoms with Crippen molar-refractivity contribution in [2.75, 3.05) is 26.2 Å². The van der Waals surface area contributed by atoms with Gasteiger partial charge in [-0.3, -0.25) is 9.69 Å².